The molecule has 0 aliphatic heterocycles. The van der Waals surface area contributed by atoms with Gasteiger partial charge in [0.2, 0.25) is 5.91 Å². The Hall–Kier alpha value is -1.73. The summed E-state index contributed by atoms with van der Waals surface area (Å²) in [5.74, 6) is 0.0200. The first-order chi connectivity index (χ1) is 9.06. The van der Waals surface area contributed by atoms with Crippen molar-refractivity contribution < 1.29 is 4.79 Å². The maximum atomic E-state index is 11.6. The van der Waals surface area contributed by atoms with Gasteiger partial charge in [0.1, 0.15) is 0 Å². The van der Waals surface area contributed by atoms with Gasteiger partial charge in [0.15, 0.2) is 0 Å². The van der Waals surface area contributed by atoms with E-state index in [-0.39, 0.29) is 11.9 Å². The zero-order valence-corrected chi connectivity index (χ0v) is 11.9. The summed E-state index contributed by atoms with van der Waals surface area (Å²) in [5.41, 5.74) is 1.25. The summed E-state index contributed by atoms with van der Waals surface area (Å²) in [6.07, 6.45) is 1.31. The van der Waals surface area contributed by atoms with E-state index in [1.54, 1.807) is 18.2 Å². The Labute approximate surface area is 118 Å². The minimum Gasteiger partial charge on any atom is -0.383 e. The van der Waals surface area contributed by atoms with E-state index in [0.717, 1.165) is 12.1 Å². The van der Waals surface area contributed by atoms with Crippen molar-refractivity contribution >= 4 is 23.2 Å². The predicted molar refractivity (Wildman–Crippen MR) is 77.2 cm³/mol. The smallest absolute Gasteiger partial charge is 0.221 e. The van der Waals surface area contributed by atoms with E-state index in [2.05, 4.69) is 10.6 Å². The molecule has 1 unspecified atom stereocenters. The molecule has 0 spiro atoms. The summed E-state index contributed by atoms with van der Waals surface area (Å²) in [6, 6.07) is 7.25. The van der Waals surface area contributed by atoms with E-state index in [1.807, 2.05) is 19.9 Å². The molecule has 1 aromatic rings. The second-order valence-corrected chi connectivity index (χ2v) is 4.77. The molecule has 102 valence electrons. The van der Waals surface area contributed by atoms with Crippen LogP contribution in [0.5, 0.6) is 0 Å². The topological polar surface area (TPSA) is 64.9 Å². The van der Waals surface area contributed by atoms with Crippen molar-refractivity contribution in [3.63, 3.8) is 0 Å². The summed E-state index contributed by atoms with van der Waals surface area (Å²) >= 11 is 6.02. The average molecular weight is 280 g/mol. The number of halogens is 1. The number of hydrogen-bond acceptors (Lipinski definition) is 3. The van der Waals surface area contributed by atoms with Crippen LogP contribution in [0.4, 0.5) is 5.69 Å². The van der Waals surface area contributed by atoms with Crippen LogP contribution in [0.1, 0.15) is 32.3 Å². The highest BCUT2D eigenvalue weighted by molar-refractivity contribution is 6.33. The van der Waals surface area contributed by atoms with Crippen molar-refractivity contribution in [2.75, 3.05) is 11.9 Å². The number of benzene rings is 1. The van der Waals surface area contributed by atoms with Crippen LogP contribution in [0.3, 0.4) is 0 Å². The molecule has 1 aromatic carbocycles. The number of rotatable bonds is 6. The molecule has 0 heterocycles. The fourth-order valence-electron chi connectivity index (χ4n) is 1.49. The highest BCUT2D eigenvalue weighted by Gasteiger charge is 2.06. The fourth-order valence-corrected chi connectivity index (χ4v) is 1.74. The van der Waals surface area contributed by atoms with Gasteiger partial charge in [-0.1, -0.05) is 18.5 Å². The average Bonchev–Trinajstić information content (AvgIpc) is 2.40. The summed E-state index contributed by atoms with van der Waals surface area (Å²) in [7, 11) is 0. The first-order valence-electron chi connectivity index (χ1n) is 6.29. The van der Waals surface area contributed by atoms with Crippen LogP contribution in [0.2, 0.25) is 5.02 Å². The van der Waals surface area contributed by atoms with E-state index >= 15 is 0 Å². The van der Waals surface area contributed by atoms with Crippen molar-refractivity contribution in [3.8, 4) is 6.07 Å². The van der Waals surface area contributed by atoms with E-state index in [9.17, 15) is 4.79 Å². The maximum Gasteiger partial charge on any atom is 0.221 e. The van der Waals surface area contributed by atoms with Gasteiger partial charge in [0.25, 0.3) is 0 Å². The highest BCUT2D eigenvalue weighted by atomic mass is 35.5. The zero-order chi connectivity index (χ0) is 14.3. The van der Waals surface area contributed by atoms with Gasteiger partial charge >= 0.3 is 0 Å². The standard InChI is InChI=1S/C14H18ClN3O/c1-3-10(2)18-14(19)6-7-17-13-5-4-11(9-16)8-12(13)15/h4-5,8,10,17H,3,6-7H2,1-2H3,(H,18,19). The van der Waals surface area contributed by atoms with Crippen molar-refractivity contribution in [2.24, 2.45) is 0 Å². The van der Waals surface area contributed by atoms with Crippen LogP contribution < -0.4 is 10.6 Å². The molecule has 4 nitrogen and oxygen atoms in total. The van der Waals surface area contributed by atoms with Gasteiger partial charge in [-0.15, -0.1) is 0 Å². The minimum atomic E-state index is 0.0200. The lowest BCUT2D eigenvalue weighted by molar-refractivity contribution is -0.121. The molecule has 2 N–H and O–H groups in total. The van der Waals surface area contributed by atoms with Crippen molar-refractivity contribution in [2.45, 2.75) is 32.7 Å². The van der Waals surface area contributed by atoms with Crippen LogP contribution in [0.25, 0.3) is 0 Å². The quantitative estimate of drug-likeness (QED) is 0.841. The van der Waals surface area contributed by atoms with Gasteiger partial charge in [-0.3, -0.25) is 4.79 Å². The molecular formula is C14H18ClN3O. The molecule has 0 aliphatic rings. The second-order valence-electron chi connectivity index (χ2n) is 4.36. The number of nitrogens with zero attached hydrogens (tertiary/aromatic N) is 1. The number of nitriles is 1. The van der Waals surface area contributed by atoms with Crippen LogP contribution in [0.15, 0.2) is 18.2 Å². The highest BCUT2D eigenvalue weighted by Crippen LogP contribution is 2.22. The molecule has 0 saturated carbocycles. The Balaban J connectivity index is 2.41. The third-order valence-corrected chi connectivity index (χ3v) is 3.10. The third-order valence-electron chi connectivity index (χ3n) is 2.79. The van der Waals surface area contributed by atoms with E-state index in [1.165, 1.54) is 0 Å². The molecule has 5 heteroatoms. The molecule has 1 rings (SSSR count). The molecule has 0 aliphatic carbocycles. The molecular weight excluding hydrogens is 262 g/mol. The Morgan fingerprint density at radius 2 is 2.26 bits per heavy atom. The predicted octanol–water partition coefficient (Wildman–Crippen LogP) is 2.93. The normalized spacial score (nSPS) is 11.5. The lowest BCUT2D eigenvalue weighted by Gasteiger charge is -2.12. The van der Waals surface area contributed by atoms with Crippen molar-refractivity contribution in [1.82, 2.24) is 5.32 Å². The molecule has 0 bridgehead atoms. The van der Waals surface area contributed by atoms with Crippen LogP contribution in [0, 0.1) is 11.3 Å². The number of amides is 1. The number of carbonyl (C=O) groups excluding carboxylic acids is 1. The zero-order valence-electron chi connectivity index (χ0n) is 11.2. The molecule has 0 radical (unpaired) electrons. The Morgan fingerprint density at radius 3 is 2.84 bits per heavy atom. The molecule has 0 aromatic heterocycles. The maximum absolute atomic E-state index is 11.6. The lowest BCUT2D eigenvalue weighted by atomic mass is 10.2. The largest absolute Gasteiger partial charge is 0.383 e. The summed E-state index contributed by atoms with van der Waals surface area (Å²) in [6.45, 7) is 4.51. The van der Waals surface area contributed by atoms with E-state index in [4.69, 9.17) is 16.9 Å². The van der Waals surface area contributed by atoms with Crippen LogP contribution in [-0.4, -0.2) is 18.5 Å². The Morgan fingerprint density at radius 1 is 1.53 bits per heavy atom. The summed E-state index contributed by atoms with van der Waals surface area (Å²) < 4.78 is 0. The number of anilines is 1. The monoisotopic (exact) mass is 279 g/mol. The minimum absolute atomic E-state index is 0.0200. The first kappa shape index (κ1) is 15.3. The second kappa shape index (κ2) is 7.65. The van der Waals surface area contributed by atoms with Gasteiger partial charge in [-0.25, -0.2) is 0 Å². The van der Waals surface area contributed by atoms with Crippen molar-refractivity contribution in [1.29, 1.82) is 5.26 Å². The molecule has 0 fully saturated rings. The molecule has 1 amide bonds. The van der Waals surface area contributed by atoms with Gasteiger partial charge in [-0.2, -0.15) is 5.26 Å². The molecule has 19 heavy (non-hydrogen) atoms. The van der Waals surface area contributed by atoms with Gasteiger partial charge < -0.3 is 10.6 Å². The van der Waals surface area contributed by atoms with Gasteiger partial charge in [-0.05, 0) is 31.5 Å². The third kappa shape index (κ3) is 5.19. The van der Waals surface area contributed by atoms with Crippen molar-refractivity contribution in [3.05, 3.63) is 28.8 Å². The molecule has 1 atom stereocenters. The SMILES string of the molecule is CCC(C)NC(=O)CCNc1ccc(C#N)cc1Cl. The first-order valence-corrected chi connectivity index (χ1v) is 6.67. The lowest BCUT2D eigenvalue weighted by Crippen LogP contribution is -2.32. The van der Waals surface area contributed by atoms with Gasteiger partial charge in [0, 0.05) is 19.0 Å². The Kier molecular flexibility index (Phi) is 6.17. The van der Waals surface area contributed by atoms with Gasteiger partial charge in [0.05, 0.1) is 22.3 Å². The number of nitrogens with one attached hydrogen (secondary N) is 2. The van der Waals surface area contributed by atoms with E-state index < -0.39 is 0 Å². The van der Waals surface area contributed by atoms with E-state index in [0.29, 0.717) is 23.6 Å². The summed E-state index contributed by atoms with van der Waals surface area (Å²) in [5, 5.41) is 15.2. The fraction of sp³-hybridized carbons (Fsp3) is 0.429. The number of carbonyl (C=O) groups is 1. The Bertz CT molecular complexity index is 482. The number of hydrogen-bond donors (Lipinski definition) is 2. The van der Waals surface area contributed by atoms with Crippen LogP contribution in [-0.2, 0) is 4.79 Å². The molecule has 0 saturated heterocycles. The van der Waals surface area contributed by atoms with Crippen LogP contribution >= 0.6 is 11.6 Å². The summed E-state index contributed by atoms with van der Waals surface area (Å²) in [4.78, 5) is 11.6.